The van der Waals surface area contributed by atoms with Crippen LogP contribution in [0.25, 0.3) is 5.57 Å². The van der Waals surface area contributed by atoms with E-state index < -0.39 is 0 Å². The van der Waals surface area contributed by atoms with Gasteiger partial charge in [0, 0.05) is 10.2 Å². The van der Waals surface area contributed by atoms with Gasteiger partial charge in [-0.25, -0.2) is 0 Å². The highest BCUT2D eigenvalue weighted by Gasteiger charge is 2.21. The number of hydrogen-bond acceptors (Lipinski definition) is 0. The van der Waals surface area contributed by atoms with Gasteiger partial charge < -0.3 is 0 Å². The van der Waals surface area contributed by atoms with Gasteiger partial charge in [0.05, 0.1) is 0 Å². The first-order valence-electron chi connectivity index (χ1n) is 6.90. The van der Waals surface area contributed by atoms with Crippen LogP contribution >= 0.6 is 0 Å². The molecule has 0 N–H and O–H groups in total. The second-order valence-electron chi connectivity index (χ2n) is 5.94. The van der Waals surface area contributed by atoms with Crippen molar-refractivity contribution in [2.75, 3.05) is 0 Å². The topological polar surface area (TPSA) is 0 Å². The summed E-state index contributed by atoms with van der Waals surface area (Å²) in [5, 5.41) is 1.68. The van der Waals surface area contributed by atoms with Crippen molar-refractivity contribution in [3.63, 3.8) is 0 Å². The fourth-order valence-electron chi connectivity index (χ4n) is 3.35. The summed E-state index contributed by atoms with van der Waals surface area (Å²) in [6, 6.07) is 4.62. The standard InChI is InChI=1S/C17H24Si/c1-10(2)16-14(6-7-15(16)18)17-12(4)8-11(3)9-13(17)5/h6,8-10H,7H2,1-5,18H3. The fraction of sp³-hybridized carbons (Fsp3) is 0.412. The summed E-state index contributed by atoms with van der Waals surface area (Å²) in [6.45, 7) is 11.3. The van der Waals surface area contributed by atoms with Crippen molar-refractivity contribution in [3.05, 3.63) is 51.2 Å². The quantitative estimate of drug-likeness (QED) is 0.708. The third-order valence-corrected chi connectivity index (χ3v) is 4.83. The zero-order valence-electron chi connectivity index (χ0n) is 12.5. The average molecular weight is 256 g/mol. The molecule has 1 heteroatoms. The second kappa shape index (κ2) is 4.89. The zero-order valence-corrected chi connectivity index (χ0v) is 14.5. The van der Waals surface area contributed by atoms with E-state index in [2.05, 4.69) is 52.8 Å². The first-order chi connectivity index (χ1) is 8.41. The molecule has 0 bridgehead atoms. The van der Waals surface area contributed by atoms with Crippen LogP contribution in [0.5, 0.6) is 0 Å². The summed E-state index contributed by atoms with van der Waals surface area (Å²) in [5.41, 5.74) is 8.84. The predicted octanol–water partition coefficient (Wildman–Crippen LogP) is 3.67. The van der Waals surface area contributed by atoms with Gasteiger partial charge in [0.2, 0.25) is 0 Å². The third kappa shape index (κ3) is 2.24. The van der Waals surface area contributed by atoms with Crippen molar-refractivity contribution >= 4 is 15.8 Å². The first-order valence-corrected chi connectivity index (χ1v) is 7.90. The van der Waals surface area contributed by atoms with Gasteiger partial charge in [0.1, 0.15) is 0 Å². The van der Waals surface area contributed by atoms with E-state index in [1.807, 2.05) is 0 Å². The Balaban J connectivity index is 2.58. The molecule has 1 aliphatic carbocycles. The second-order valence-corrected chi connectivity index (χ2v) is 7.15. The van der Waals surface area contributed by atoms with E-state index in [4.69, 9.17) is 0 Å². The largest absolute Gasteiger partial charge is 0.0841 e. The summed E-state index contributed by atoms with van der Waals surface area (Å²) in [6.07, 6.45) is 3.63. The summed E-state index contributed by atoms with van der Waals surface area (Å²) in [4.78, 5) is 0. The molecule has 0 amide bonds. The third-order valence-electron chi connectivity index (χ3n) is 3.89. The molecule has 18 heavy (non-hydrogen) atoms. The molecule has 0 saturated heterocycles. The number of hydrogen-bond donors (Lipinski definition) is 0. The maximum atomic E-state index is 2.45. The lowest BCUT2D eigenvalue weighted by Gasteiger charge is -2.19. The lowest BCUT2D eigenvalue weighted by Crippen LogP contribution is -2.02. The van der Waals surface area contributed by atoms with Gasteiger partial charge in [-0.05, 0) is 60.9 Å². The summed E-state index contributed by atoms with van der Waals surface area (Å²) >= 11 is 0. The minimum atomic E-state index is 0.645. The van der Waals surface area contributed by atoms with Gasteiger partial charge in [-0.15, -0.1) is 0 Å². The molecule has 0 spiro atoms. The van der Waals surface area contributed by atoms with Crippen LogP contribution in [0.15, 0.2) is 29.0 Å². The molecule has 1 aliphatic rings. The van der Waals surface area contributed by atoms with Gasteiger partial charge in [-0.2, -0.15) is 0 Å². The Hall–Kier alpha value is -1.08. The molecule has 0 saturated carbocycles. The maximum Gasteiger partial charge on any atom is 0.0341 e. The highest BCUT2D eigenvalue weighted by atomic mass is 28.1. The van der Waals surface area contributed by atoms with Crippen LogP contribution < -0.4 is 0 Å². The van der Waals surface area contributed by atoms with Crippen molar-refractivity contribution in [3.8, 4) is 0 Å². The molecule has 2 rings (SSSR count). The van der Waals surface area contributed by atoms with Crippen LogP contribution in [0, 0.1) is 26.7 Å². The molecule has 0 aliphatic heterocycles. The summed E-state index contributed by atoms with van der Waals surface area (Å²) in [7, 11) is 1.19. The maximum absolute atomic E-state index is 2.45. The van der Waals surface area contributed by atoms with E-state index in [-0.39, 0.29) is 0 Å². The number of allylic oxidation sites excluding steroid dienone is 4. The zero-order chi connectivity index (χ0) is 13.4. The number of rotatable bonds is 2. The molecule has 0 aromatic heterocycles. The Bertz CT molecular complexity index is 522. The van der Waals surface area contributed by atoms with Crippen molar-refractivity contribution in [1.29, 1.82) is 0 Å². The normalized spacial score (nSPS) is 15.8. The minimum absolute atomic E-state index is 0.645. The van der Waals surface area contributed by atoms with Gasteiger partial charge in [-0.3, -0.25) is 0 Å². The Labute approximate surface area is 114 Å². The van der Waals surface area contributed by atoms with Crippen LogP contribution in [-0.2, 0) is 0 Å². The molecule has 1 aromatic rings. The van der Waals surface area contributed by atoms with Gasteiger partial charge >= 0.3 is 0 Å². The van der Waals surface area contributed by atoms with E-state index in [1.54, 1.807) is 10.8 Å². The highest BCUT2D eigenvalue weighted by molar-refractivity contribution is 6.24. The first kappa shape index (κ1) is 13.4. The molecule has 0 radical (unpaired) electrons. The Morgan fingerprint density at radius 1 is 1.06 bits per heavy atom. The Morgan fingerprint density at radius 3 is 2.11 bits per heavy atom. The van der Waals surface area contributed by atoms with Crippen molar-refractivity contribution < 1.29 is 0 Å². The Kier molecular flexibility index (Phi) is 3.63. The van der Waals surface area contributed by atoms with Crippen LogP contribution in [0.4, 0.5) is 0 Å². The lowest BCUT2D eigenvalue weighted by atomic mass is 9.87. The molecule has 0 heterocycles. The van der Waals surface area contributed by atoms with Gasteiger partial charge in [0.25, 0.3) is 0 Å². The minimum Gasteiger partial charge on any atom is -0.0841 e. The lowest BCUT2D eigenvalue weighted by molar-refractivity contribution is 0.794. The average Bonchev–Trinajstić information content (AvgIpc) is 2.58. The molecule has 0 unspecified atom stereocenters. The number of aryl methyl sites for hydroxylation is 3. The van der Waals surface area contributed by atoms with Crippen LogP contribution in [-0.4, -0.2) is 10.2 Å². The predicted molar refractivity (Wildman–Crippen MR) is 85.1 cm³/mol. The summed E-state index contributed by atoms with van der Waals surface area (Å²) in [5.74, 6) is 0.645. The molecule has 1 aromatic carbocycles. The van der Waals surface area contributed by atoms with E-state index in [0.29, 0.717) is 5.92 Å². The van der Waals surface area contributed by atoms with E-state index in [1.165, 1.54) is 44.5 Å². The summed E-state index contributed by atoms with van der Waals surface area (Å²) < 4.78 is 0. The molecule has 96 valence electrons. The smallest absolute Gasteiger partial charge is 0.0341 e. The van der Waals surface area contributed by atoms with Crippen molar-refractivity contribution in [2.45, 2.75) is 41.0 Å². The fourth-order valence-corrected chi connectivity index (χ4v) is 4.40. The Morgan fingerprint density at radius 2 is 1.61 bits per heavy atom. The van der Waals surface area contributed by atoms with Crippen LogP contribution in [0.3, 0.4) is 0 Å². The van der Waals surface area contributed by atoms with Crippen LogP contribution in [0.2, 0.25) is 0 Å². The van der Waals surface area contributed by atoms with Gasteiger partial charge in [0.15, 0.2) is 0 Å². The van der Waals surface area contributed by atoms with E-state index in [9.17, 15) is 0 Å². The van der Waals surface area contributed by atoms with Crippen molar-refractivity contribution in [2.24, 2.45) is 5.92 Å². The monoisotopic (exact) mass is 256 g/mol. The van der Waals surface area contributed by atoms with Crippen LogP contribution in [0.1, 0.15) is 42.5 Å². The molecule has 0 nitrogen and oxygen atoms in total. The SMILES string of the molecule is Cc1cc(C)c(C2=CCC([SiH3])=C2C(C)C)c(C)c1. The van der Waals surface area contributed by atoms with Crippen molar-refractivity contribution in [1.82, 2.24) is 0 Å². The highest BCUT2D eigenvalue weighted by Crippen LogP contribution is 2.39. The van der Waals surface area contributed by atoms with E-state index >= 15 is 0 Å². The number of benzene rings is 1. The molecular formula is C17H24Si. The molecule has 0 atom stereocenters. The molecule has 0 fully saturated rings. The van der Waals surface area contributed by atoms with Gasteiger partial charge in [-0.1, -0.05) is 42.8 Å². The molecular weight excluding hydrogens is 232 g/mol. The van der Waals surface area contributed by atoms with E-state index in [0.717, 1.165) is 0 Å².